The molecular weight excluding hydrogens is 260 g/mol. The number of hydrogen-bond acceptors (Lipinski definition) is 1. The van der Waals surface area contributed by atoms with E-state index in [0.717, 1.165) is 44.1 Å². The standard InChI is InChI=1S/C19H30O2/c1-16(2)11-10-14-17(3)12-8-6-5-7-9-13-18(4)15-19(20)21/h5,7,11-12,15H,6,8-10,13-14H2,1-4H3,(H,20,21)/b7-5+,17-12+,18-15+. The Balaban J connectivity index is 3.76. The van der Waals surface area contributed by atoms with Gasteiger partial charge < -0.3 is 5.11 Å². The largest absolute Gasteiger partial charge is 0.478 e. The third kappa shape index (κ3) is 14.6. The highest BCUT2D eigenvalue weighted by atomic mass is 16.4. The molecule has 0 saturated heterocycles. The van der Waals surface area contributed by atoms with E-state index in [1.807, 2.05) is 6.92 Å². The lowest BCUT2D eigenvalue weighted by Crippen LogP contribution is -1.89. The zero-order valence-corrected chi connectivity index (χ0v) is 14.0. The molecule has 0 spiro atoms. The molecular formula is C19H30O2. The van der Waals surface area contributed by atoms with Gasteiger partial charge in [0.25, 0.3) is 0 Å². The summed E-state index contributed by atoms with van der Waals surface area (Å²) in [6, 6.07) is 0. The smallest absolute Gasteiger partial charge is 0.328 e. The van der Waals surface area contributed by atoms with Gasteiger partial charge in [0.1, 0.15) is 0 Å². The molecule has 0 aliphatic heterocycles. The van der Waals surface area contributed by atoms with Crippen molar-refractivity contribution < 1.29 is 9.90 Å². The van der Waals surface area contributed by atoms with Crippen LogP contribution >= 0.6 is 0 Å². The molecule has 1 N–H and O–H groups in total. The van der Waals surface area contributed by atoms with E-state index in [9.17, 15) is 4.79 Å². The summed E-state index contributed by atoms with van der Waals surface area (Å²) in [6.45, 7) is 8.33. The molecule has 0 amide bonds. The average molecular weight is 290 g/mol. The second-order valence-electron chi connectivity index (χ2n) is 5.79. The Morgan fingerprint density at radius 2 is 1.43 bits per heavy atom. The van der Waals surface area contributed by atoms with Gasteiger partial charge in [0, 0.05) is 6.08 Å². The summed E-state index contributed by atoms with van der Waals surface area (Å²) in [5.41, 5.74) is 3.77. The molecule has 0 heterocycles. The van der Waals surface area contributed by atoms with Gasteiger partial charge in [0.05, 0.1) is 0 Å². The van der Waals surface area contributed by atoms with Crippen LogP contribution < -0.4 is 0 Å². The second kappa shape index (κ2) is 12.2. The molecule has 0 atom stereocenters. The molecule has 0 rings (SSSR count). The number of carboxylic acids is 1. The molecule has 0 aromatic rings. The molecule has 0 aliphatic carbocycles. The van der Waals surface area contributed by atoms with Crippen molar-refractivity contribution in [3.05, 3.63) is 47.1 Å². The number of carbonyl (C=O) groups is 1. The highest BCUT2D eigenvalue weighted by Crippen LogP contribution is 2.09. The first-order valence-corrected chi connectivity index (χ1v) is 7.76. The Morgan fingerprint density at radius 3 is 2.05 bits per heavy atom. The van der Waals surface area contributed by atoms with Crippen LogP contribution in [0.3, 0.4) is 0 Å². The summed E-state index contributed by atoms with van der Waals surface area (Å²) < 4.78 is 0. The minimum Gasteiger partial charge on any atom is -0.478 e. The van der Waals surface area contributed by atoms with E-state index in [0.29, 0.717) is 0 Å². The average Bonchev–Trinajstić information content (AvgIpc) is 2.36. The summed E-state index contributed by atoms with van der Waals surface area (Å²) in [7, 11) is 0. The summed E-state index contributed by atoms with van der Waals surface area (Å²) in [6.07, 6.45) is 16.4. The first kappa shape index (κ1) is 19.4. The Labute approximate surface area is 130 Å². The second-order valence-corrected chi connectivity index (χ2v) is 5.79. The van der Waals surface area contributed by atoms with Gasteiger partial charge in [-0.2, -0.15) is 0 Å². The van der Waals surface area contributed by atoms with Crippen molar-refractivity contribution in [3.8, 4) is 0 Å². The van der Waals surface area contributed by atoms with E-state index in [-0.39, 0.29) is 0 Å². The van der Waals surface area contributed by atoms with E-state index in [1.54, 1.807) is 0 Å². The number of rotatable bonds is 10. The summed E-state index contributed by atoms with van der Waals surface area (Å²) >= 11 is 0. The summed E-state index contributed by atoms with van der Waals surface area (Å²) in [5.74, 6) is -0.856. The molecule has 0 aliphatic rings. The highest BCUT2D eigenvalue weighted by molar-refractivity contribution is 5.80. The molecule has 0 bridgehead atoms. The van der Waals surface area contributed by atoms with Crippen molar-refractivity contribution in [3.63, 3.8) is 0 Å². The molecule has 0 unspecified atom stereocenters. The van der Waals surface area contributed by atoms with Crippen LogP contribution in [-0.2, 0) is 4.79 Å². The van der Waals surface area contributed by atoms with Gasteiger partial charge in [-0.05, 0) is 66.2 Å². The first-order valence-electron chi connectivity index (χ1n) is 7.76. The molecule has 2 heteroatoms. The number of aliphatic carboxylic acids is 1. The Hall–Kier alpha value is -1.57. The van der Waals surface area contributed by atoms with Gasteiger partial charge >= 0.3 is 5.97 Å². The van der Waals surface area contributed by atoms with Crippen molar-refractivity contribution in [1.29, 1.82) is 0 Å². The lowest BCUT2D eigenvalue weighted by atomic mass is 10.1. The van der Waals surface area contributed by atoms with Crippen LogP contribution in [0.4, 0.5) is 0 Å². The van der Waals surface area contributed by atoms with Gasteiger partial charge in [-0.1, -0.05) is 41.0 Å². The molecule has 0 fully saturated rings. The lowest BCUT2D eigenvalue weighted by Gasteiger charge is -1.98. The fourth-order valence-corrected chi connectivity index (χ4v) is 1.95. The third-order valence-corrected chi connectivity index (χ3v) is 3.16. The van der Waals surface area contributed by atoms with Gasteiger partial charge in [0.2, 0.25) is 0 Å². The number of carboxylic acid groups (broad SMARTS) is 1. The quantitative estimate of drug-likeness (QED) is 0.312. The van der Waals surface area contributed by atoms with Crippen LogP contribution in [-0.4, -0.2) is 11.1 Å². The zero-order chi connectivity index (χ0) is 16.1. The first-order chi connectivity index (χ1) is 9.91. The summed E-state index contributed by atoms with van der Waals surface area (Å²) in [5, 5.41) is 8.60. The SMILES string of the molecule is CC(C)=CCC/C(C)=C/CC/C=C/CC/C(C)=C/C(=O)O. The fraction of sp³-hybridized carbons (Fsp3) is 0.526. The van der Waals surface area contributed by atoms with E-state index in [4.69, 9.17) is 5.11 Å². The van der Waals surface area contributed by atoms with Gasteiger partial charge in [-0.25, -0.2) is 4.79 Å². The van der Waals surface area contributed by atoms with Crippen molar-refractivity contribution in [2.75, 3.05) is 0 Å². The van der Waals surface area contributed by atoms with E-state index in [1.165, 1.54) is 17.2 Å². The number of hydrogen-bond donors (Lipinski definition) is 1. The molecule has 0 aromatic heterocycles. The number of allylic oxidation sites excluding steroid dienone is 7. The third-order valence-electron chi connectivity index (χ3n) is 3.16. The zero-order valence-electron chi connectivity index (χ0n) is 14.0. The topological polar surface area (TPSA) is 37.3 Å². The predicted molar refractivity (Wildman–Crippen MR) is 91.4 cm³/mol. The maximum atomic E-state index is 10.5. The van der Waals surface area contributed by atoms with Crippen LogP contribution in [0.25, 0.3) is 0 Å². The number of unbranched alkanes of at least 4 members (excludes halogenated alkanes) is 1. The van der Waals surface area contributed by atoms with Gasteiger partial charge in [-0.3, -0.25) is 0 Å². The fourth-order valence-electron chi connectivity index (χ4n) is 1.95. The molecule has 0 aromatic carbocycles. The minimum absolute atomic E-state index is 0.820. The van der Waals surface area contributed by atoms with Crippen molar-refractivity contribution >= 4 is 5.97 Å². The van der Waals surface area contributed by atoms with Gasteiger partial charge in [-0.15, -0.1) is 0 Å². The molecule has 21 heavy (non-hydrogen) atoms. The maximum Gasteiger partial charge on any atom is 0.328 e. The maximum absolute atomic E-state index is 10.5. The van der Waals surface area contributed by atoms with Crippen molar-refractivity contribution in [1.82, 2.24) is 0 Å². The Bertz CT molecular complexity index is 419. The molecule has 0 radical (unpaired) electrons. The van der Waals surface area contributed by atoms with Crippen molar-refractivity contribution in [2.45, 2.75) is 66.2 Å². The van der Waals surface area contributed by atoms with E-state index >= 15 is 0 Å². The molecule has 2 nitrogen and oxygen atoms in total. The van der Waals surface area contributed by atoms with Crippen LogP contribution in [0.15, 0.2) is 47.1 Å². The van der Waals surface area contributed by atoms with Crippen LogP contribution in [0.5, 0.6) is 0 Å². The van der Waals surface area contributed by atoms with E-state index < -0.39 is 5.97 Å². The molecule has 0 saturated carbocycles. The minimum atomic E-state index is -0.856. The van der Waals surface area contributed by atoms with Gasteiger partial charge in [0.15, 0.2) is 0 Å². The molecule has 118 valence electrons. The normalized spacial score (nSPS) is 12.8. The Kier molecular flexibility index (Phi) is 11.3. The van der Waals surface area contributed by atoms with E-state index in [2.05, 4.69) is 45.1 Å². The van der Waals surface area contributed by atoms with Crippen LogP contribution in [0, 0.1) is 0 Å². The highest BCUT2D eigenvalue weighted by Gasteiger charge is 1.92. The van der Waals surface area contributed by atoms with Crippen LogP contribution in [0.2, 0.25) is 0 Å². The Morgan fingerprint density at radius 1 is 0.810 bits per heavy atom. The monoisotopic (exact) mass is 290 g/mol. The van der Waals surface area contributed by atoms with Crippen molar-refractivity contribution in [2.24, 2.45) is 0 Å². The van der Waals surface area contributed by atoms with Crippen LogP contribution in [0.1, 0.15) is 66.2 Å². The predicted octanol–water partition coefficient (Wildman–Crippen LogP) is 5.83. The summed E-state index contributed by atoms with van der Waals surface area (Å²) in [4.78, 5) is 10.5. The lowest BCUT2D eigenvalue weighted by molar-refractivity contribution is -0.131.